The van der Waals surface area contributed by atoms with Crippen LogP contribution in [0.3, 0.4) is 0 Å². The van der Waals surface area contributed by atoms with Crippen molar-refractivity contribution >= 4 is 23.8 Å². The van der Waals surface area contributed by atoms with Crippen molar-refractivity contribution < 1.29 is 9.90 Å². The van der Waals surface area contributed by atoms with Gasteiger partial charge in [0, 0.05) is 50.3 Å². The van der Waals surface area contributed by atoms with Crippen LogP contribution in [0, 0.1) is 0 Å². The Morgan fingerprint density at radius 2 is 1.34 bits per heavy atom. The summed E-state index contributed by atoms with van der Waals surface area (Å²) in [5.74, 6) is 0.136. The summed E-state index contributed by atoms with van der Waals surface area (Å²) in [7, 11) is 0. The van der Waals surface area contributed by atoms with Crippen LogP contribution in [-0.4, -0.2) is 89.0 Å². The normalized spacial score (nSPS) is 28.9. The van der Waals surface area contributed by atoms with Crippen molar-refractivity contribution in [1.29, 1.82) is 0 Å². The third kappa shape index (κ3) is 5.39. The Hall–Kier alpha value is -2.32. The first-order valence-corrected chi connectivity index (χ1v) is 9.70. The van der Waals surface area contributed by atoms with E-state index >= 15 is 0 Å². The van der Waals surface area contributed by atoms with E-state index in [-0.39, 0.29) is 30.1 Å². The van der Waals surface area contributed by atoms with Crippen LogP contribution in [0.2, 0.25) is 0 Å². The molecule has 2 fully saturated rings. The van der Waals surface area contributed by atoms with Gasteiger partial charge >= 0.3 is 0 Å². The van der Waals surface area contributed by atoms with Crippen molar-refractivity contribution in [3.8, 4) is 0 Å². The maximum Gasteiger partial charge on any atom is 0.242 e. The molecule has 1 aromatic heterocycles. The molecule has 0 bridgehead atoms. The zero-order chi connectivity index (χ0) is 21.1. The van der Waals surface area contributed by atoms with Gasteiger partial charge in [-0.25, -0.2) is 0 Å². The molecule has 0 saturated carbocycles. The minimum Gasteiger partial charge on any atom is -0.394 e. The number of nitrogens with zero attached hydrogens (tertiary/aromatic N) is 5. The van der Waals surface area contributed by atoms with Gasteiger partial charge in [-0.15, -0.1) is 0 Å². The largest absolute Gasteiger partial charge is 0.394 e. The molecule has 162 valence electrons. The Morgan fingerprint density at radius 1 is 0.931 bits per heavy atom. The summed E-state index contributed by atoms with van der Waals surface area (Å²) in [6.45, 7) is 1.65. The Bertz CT molecular complexity index is 656. The first kappa shape index (κ1) is 21.4. The first-order valence-electron chi connectivity index (χ1n) is 9.70. The Morgan fingerprint density at radius 3 is 1.69 bits per heavy atom. The van der Waals surface area contributed by atoms with E-state index < -0.39 is 18.6 Å². The number of amides is 1. The second-order valence-corrected chi connectivity index (χ2v) is 7.86. The molecule has 13 nitrogen and oxygen atoms in total. The highest BCUT2D eigenvalue weighted by atomic mass is 16.3. The smallest absolute Gasteiger partial charge is 0.242 e. The monoisotopic (exact) mass is 409 g/mol. The van der Waals surface area contributed by atoms with Crippen molar-refractivity contribution in [3.05, 3.63) is 0 Å². The molecule has 2 saturated heterocycles. The number of aromatic nitrogens is 3. The number of carbonyl (C=O) groups is 1. The van der Waals surface area contributed by atoms with Gasteiger partial charge < -0.3 is 48.9 Å². The molecule has 0 radical (unpaired) electrons. The highest BCUT2D eigenvalue weighted by molar-refractivity contribution is 5.82. The summed E-state index contributed by atoms with van der Waals surface area (Å²) >= 11 is 0. The van der Waals surface area contributed by atoms with E-state index in [1.165, 1.54) is 0 Å². The Kier molecular flexibility index (Phi) is 6.64. The molecular formula is C16H31N11O2. The van der Waals surface area contributed by atoms with Crippen LogP contribution in [0.5, 0.6) is 0 Å². The number of anilines is 3. The number of nitrogens with one attached hydrogen (secondary N) is 1. The van der Waals surface area contributed by atoms with E-state index in [4.69, 9.17) is 28.7 Å². The number of primary amides is 1. The first-order chi connectivity index (χ1) is 13.7. The van der Waals surface area contributed by atoms with Crippen LogP contribution in [0.4, 0.5) is 17.8 Å². The SMILES string of the molecule is NC(=O)C(CO)Nc1nc(N2C[C@H](N)C[C@H](N)C2)nc(N2C[C@H](N)C[C@H](N)C2)n1. The van der Waals surface area contributed by atoms with Gasteiger partial charge in [-0.1, -0.05) is 0 Å². The number of hydrogen-bond donors (Lipinski definition) is 7. The molecule has 5 atom stereocenters. The Labute approximate surface area is 169 Å². The molecule has 1 unspecified atom stereocenters. The van der Waals surface area contributed by atoms with Gasteiger partial charge in [-0.2, -0.15) is 15.0 Å². The third-order valence-corrected chi connectivity index (χ3v) is 5.04. The molecular weight excluding hydrogens is 378 g/mol. The lowest BCUT2D eigenvalue weighted by molar-refractivity contribution is -0.119. The lowest BCUT2D eigenvalue weighted by Gasteiger charge is -2.37. The van der Waals surface area contributed by atoms with Crippen LogP contribution >= 0.6 is 0 Å². The van der Waals surface area contributed by atoms with Gasteiger partial charge in [0.25, 0.3) is 0 Å². The molecule has 3 heterocycles. The second-order valence-electron chi connectivity index (χ2n) is 7.86. The number of rotatable bonds is 6. The van der Waals surface area contributed by atoms with Crippen molar-refractivity contribution in [2.24, 2.45) is 28.7 Å². The lowest BCUT2D eigenvalue weighted by atomic mass is 10.0. The number of piperidine rings is 2. The van der Waals surface area contributed by atoms with Crippen molar-refractivity contribution in [1.82, 2.24) is 15.0 Å². The summed E-state index contributed by atoms with van der Waals surface area (Å²) in [5, 5.41) is 12.2. The van der Waals surface area contributed by atoms with E-state index in [9.17, 15) is 9.90 Å². The predicted molar refractivity (Wildman–Crippen MR) is 109 cm³/mol. The zero-order valence-corrected chi connectivity index (χ0v) is 16.3. The maximum absolute atomic E-state index is 11.5. The summed E-state index contributed by atoms with van der Waals surface area (Å²) in [5.41, 5.74) is 29.7. The fourth-order valence-corrected chi connectivity index (χ4v) is 3.75. The molecule has 29 heavy (non-hydrogen) atoms. The fourth-order valence-electron chi connectivity index (χ4n) is 3.75. The molecule has 0 aromatic carbocycles. The fraction of sp³-hybridized carbons (Fsp3) is 0.750. The van der Waals surface area contributed by atoms with Gasteiger partial charge in [0.05, 0.1) is 6.61 Å². The molecule has 2 aliphatic heterocycles. The molecule has 1 amide bonds. The van der Waals surface area contributed by atoms with Crippen molar-refractivity contribution in [2.45, 2.75) is 43.1 Å². The van der Waals surface area contributed by atoms with Crippen LogP contribution in [0.25, 0.3) is 0 Å². The standard InChI is InChI=1S/C16H31N11O2/c17-8-1-9(18)4-26(3-8)15-23-14(22-12(7-28)13(21)29)24-16(25-15)27-5-10(19)2-11(20)6-27/h8-12,28H,1-7,17-20H2,(H2,21,29)(H,22,23,24,25)/t8-,9+,10-,11+,12?. The number of carbonyl (C=O) groups excluding carboxylic acids is 1. The molecule has 0 spiro atoms. The van der Waals surface area contributed by atoms with E-state index in [1.54, 1.807) is 0 Å². The Balaban J connectivity index is 1.94. The van der Waals surface area contributed by atoms with Gasteiger partial charge in [-0.05, 0) is 12.8 Å². The van der Waals surface area contributed by atoms with Crippen molar-refractivity contribution in [3.63, 3.8) is 0 Å². The quantitative estimate of drug-likeness (QED) is 0.238. The zero-order valence-electron chi connectivity index (χ0n) is 16.3. The van der Waals surface area contributed by atoms with Crippen molar-refractivity contribution in [2.75, 3.05) is 47.9 Å². The maximum atomic E-state index is 11.5. The molecule has 2 aliphatic rings. The lowest BCUT2D eigenvalue weighted by Crippen LogP contribution is -2.54. The second kappa shape index (κ2) is 9.00. The van der Waals surface area contributed by atoms with Crippen LogP contribution in [0.1, 0.15) is 12.8 Å². The van der Waals surface area contributed by atoms with E-state index in [1.807, 2.05) is 9.80 Å². The summed E-state index contributed by atoms with van der Waals surface area (Å²) in [4.78, 5) is 28.7. The number of nitrogens with two attached hydrogens (primary N) is 5. The van der Waals surface area contributed by atoms with Gasteiger partial charge in [0.15, 0.2) is 0 Å². The van der Waals surface area contributed by atoms with Gasteiger partial charge in [-0.3, -0.25) is 4.79 Å². The summed E-state index contributed by atoms with van der Waals surface area (Å²) in [6.07, 6.45) is 1.42. The van der Waals surface area contributed by atoms with E-state index in [0.29, 0.717) is 50.9 Å². The van der Waals surface area contributed by atoms with Gasteiger partial charge in [0.2, 0.25) is 23.8 Å². The van der Waals surface area contributed by atoms with Gasteiger partial charge in [0.1, 0.15) is 6.04 Å². The van der Waals surface area contributed by atoms with E-state index in [2.05, 4.69) is 20.3 Å². The summed E-state index contributed by atoms with van der Waals surface area (Å²) in [6, 6.07) is -1.47. The molecule has 1 aromatic rings. The minimum atomic E-state index is -1.03. The average molecular weight is 409 g/mol. The van der Waals surface area contributed by atoms with Crippen LogP contribution < -0.4 is 43.8 Å². The topological polar surface area (TPSA) is 225 Å². The number of aliphatic hydroxyl groups is 1. The number of hydrogen-bond acceptors (Lipinski definition) is 12. The van der Waals surface area contributed by atoms with E-state index in [0.717, 1.165) is 0 Å². The van der Waals surface area contributed by atoms with Crippen LogP contribution in [0.15, 0.2) is 0 Å². The molecule has 3 rings (SSSR count). The van der Waals surface area contributed by atoms with Crippen LogP contribution in [-0.2, 0) is 4.79 Å². The molecule has 13 heteroatoms. The third-order valence-electron chi connectivity index (χ3n) is 5.04. The predicted octanol–water partition coefficient (Wildman–Crippen LogP) is -4.14. The minimum absolute atomic E-state index is 0.108. The highest BCUT2D eigenvalue weighted by Gasteiger charge is 2.29. The average Bonchev–Trinajstić information content (AvgIpc) is 2.64. The number of aliphatic hydroxyl groups excluding tert-OH is 1. The molecule has 12 N–H and O–H groups in total. The summed E-state index contributed by atoms with van der Waals surface area (Å²) < 4.78 is 0. The highest BCUT2D eigenvalue weighted by Crippen LogP contribution is 2.22. The molecule has 0 aliphatic carbocycles.